The third-order valence-electron chi connectivity index (χ3n) is 4.28. The second-order valence-corrected chi connectivity index (χ2v) is 7.01. The van der Waals surface area contributed by atoms with Gasteiger partial charge >= 0.3 is 0 Å². The van der Waals surface area contributed by atoms with Crippen LogP contribution in [-0.4, -0.2) is 9.97 Å². The molecule has 2 aromatic rings. The Labute approximate surface area is 139 Å². The van der Waals surface area contributed by atoms with Gasteiger partial charge in [0.15, 0.2) is 5.82 Å². The molecule has 0 spiro atoms. The molecule has 1 saturated carbocycles. The summed E-state index contributed by atoms with van der Waals surface area (Å²) >= 11 is 2.30. The second-order valence-electron chi connectivity index (χ2n) is 5.93. The number of nitrogens with zero attached hydrogens (tertiary/aromatic N) is 2. The molecule has 1 aliphatic rings. The third kappa shape index (κ3) is 2.91. The van der Waals surface area contributed by atoms with Gasteiger partial charge < -0.3 is 5.73 Å². The van der Waals surface area contributed by atoms with Crippen LogP contribution >= 0.6 is 22.6 Å². The standard InChI is InChI=1S/C17H20IN3/c1-10-7-8-11(2)13(9-10)17-20-15(12-5-3-4-6-12)14(18)16(19)21-17/h7-9,12H,3-6H2,1-2H3,(H2,19,20,21). The predicted octanol–water partition coefficient (Wildman–Crippen LogP) is 4.60. The van der Waals surface area contributed by atoms with E-state index in [9.17, 15) is 0 Å². The number of nitrogens with two attached hydrogens (primary N) is 1. The minimum absolute atomic E-state index is 0.547. The van der Waals surface area contributed by atoms with Crippen molar-refractivity contribution in [3.8, 4) is 11.4 Å². The topological polar surface area (TPSA) is 51.8 Å². The first-order chi connectivity index (χ1) is 10.1. The fraction of sp³-hybridized carbons (Fsp3) is 0.412. The number of aromatic nitrogens is 2. The van der Waals surface area contributed by atoms with Gasteiger partial charge in [0.05, 0.1) is 9.26 Å². The summed E-state index contributed by atoms with van der Waals surface area (Å²) in [5.74, 6) is 1.94. The molecule has 1 heterocycles. The van der Waals surface area contributed by atoms with Gasteiger partial charge in [0.2, 0.25) is 0 Å². The maximum atomic E-state index is 6.16. The molecule has 0 atom stereocenters. The van der Waals surface area contributed by atoms with E-state index in [2.05, 4.69) is 59.6 Å². The molecule has 0 bridgehead atoms. The summed E-state index contributed by atoms with van der Waals surface area (Å²) in [5, 5.41) is 0. The monoisotopic (exact) mass is 393 g/mol. The van der Waals surface area contributed by atoms with Crippen LogP contribution in [-0.2, 0) is 0 Å². The molecule has 110 valence electrons. The molecule has 3 rings (SSSR count). The fourth-order valence-electron chi connectivity index (χ4n) is 3.05. The van der Waals surface area contributed by atoms with Crippen molar-refractivity contribution in [2.75, 3.05) is 5.73 Å². The number of anilines is 1. The Morgan fingerprint density at radius 1 is 1.14 bits per heavy atom. The summed E-state index contributed by atoms with van der Waals surface area (Å²) in [4.78, 5) is 9.42. The van der Waals surface area contributed by atoms with Gasteiger partial charge in [-0.05, 0) is 60.9 Å². The summed E-state index contributed by atoms with van der Waals surface area (Å²) < 4.78 is 1.04. The number of hydrogen-bond donors (Lipinski definition) is 1. The van der Waals surface area contributed by atoms with Crippen LogP contribution in [0, 0.1) is 17.4 Å². The van der Waals surface area contributed by atoms with E-state index in [1.165, 1.54) is 36.8 Å². The van der Waals surface area contributed by atoms with Gasteiger partial charge in [0, 0.05) is 11.5 Å². The lowest BCUT2D eigenvalue weighted by Gasteiger charge is -2.15. The third-order valence-corrected chi connectivity index (χ3v) is 5.38. The maximum absolute atomic E-state index is 6.16. The molecule has 21 heavy (non-hydrogen) atoms. The Bertz CT molecular complexity index is 676. The fourth-order valence-corrected chi connectivity index (χ4v) is 3.73. The minimum atomic E-state index is 0.547. The lowest BCUT2D eigenvalue weighted by molar-refractivity contribution is 0.691. The average molecular weight is 393 g/mol. The van der Waals surface area contributed by atoms with Crippen LogP contribution in [0.25, 0.3) is 11.4 Å². The Kier molecular flexibility index (Phi) is 4.15. The summed E-state index contributed by atoms with van der Waals surface area (Å²) in [7, 11) is 0. The molecule has 1 fully saturated rings. The first-order valence-electron chi connectivity index (χ1n) is 7.47. The van der Waals surface area contributed by atoms with E-state index in [0.717, 1.165) is 20.7 Å². The molecular weight excluding hydrogens is 373 g/mol. The molecular formula is C17H20IN3. The van der Waals surface area contributed by atoms with Gasteiger partial charge in [-0.2, -0.15) is 0 Å². The minimum Gasteiger partial charge on any atom is -0.383 e. The molecule has 0 amide bonds. The normalized spacial score (nSPS) is 15.6. The number of aryl methyl sites for hydroxylation is 2. The van der Waals surface area contributed by atoms with Gasteiger partial charge in [0.25, 0.3) is 0 Å². The molecule has 0 radical (unpaired) electrons. The maximum Gasteiger partial charge on any atom is 0.162 e. The van der Waals surface area contributed by atoms with Crippen LogP contribution in [0.4, 0.5) is 5.82 Å². The Balaban J connectivity index is 2.13. The zero-order chi connectivity index (χ0) is 15.0. The van der Waals surface area contributed by atoms with Gasteiger partial charge in [-0.25, -0.2) is 9.97 Å². The van der Waals surface area contributed by atoms with Crippen LogP contribution < -0.4 is 5.73 Å². The Morgan fingerprint density at radius 3 is 2.57 bits per heavy atom. The first kappa shape index (κ1) is 14.8. The van der Waals surface area contributed by atoms with Crippen molar-refractivity contribution in [3.63, 3.8) is 0 Å². The molecule has 1 aliphatic carbocycles. The number of rotatable bonds is 2. The van der Waals surface area contributed by atoms with E-state index in [1.807, 2.05) is 0 Å². The van der Waals surface area contributed by atoms with Crippen LogP contribution in [0.3, 0.4) is 0 Å². The van der Waals surface area contributed by atoms with Gasteiger partial charge in [-0.1, -0.05) is 30.5 Å². The summed E-state index contributed by atoms with van der Waals surface area (Å²) in [6, 6.07) is 6.39. The summed E-state index contributed by atoms with van der Waals surface area (Å²) in [6.07, 6.45) is 5.03. The Hall–Kier alpha value is -1.17. The highest BCUT2D eigenvalue weighted by atomic mass is 127. The van der Waals surface area contributed by atoms with Crippen LogP contribution in [0.2, 0.25) is 0 Å². The average Bonchev–Trinajstić information content (AvgIpc) is 2.98. The summed E-state index contributed by atoms with van der Waals surface area (Å²) in [6.45, 7) is 4.19. The number of halogens is 1. The van der Waals surface area contributed by atoms with E-state index in [-0.39, 0.29) is 0 Å². The van der Waals surface area contributed by atoms with E-state index in [1.54, 1.807) is 0 Å². The quantitative estimate of drug-likeness (QED) is 0.759. The predicted molar refractivity (Wildman–Crippen MR) is 95.3 cm³/mol. The molecule has 3 nitrogen and oxygen atoms in total. The zero-order valence-electron chi connectivity index (χ0n) is 12.5. The largest absolute Gasteiger partial charge is 0.383 e. The Morgan fingerprint density at radius 2 is 1.86 bits per heavy atom. The number of hydrogen-bond acceptors (Lipinski definition) is 3. The lowest BCUT2D eigenvalue weighted by atomic mass is 10.0. The number of benzene rings is 1. The molecule has 4 heteroatoms. The smallest absolute Gasteiger partial charge is 0.162 e. The van der Waals surface area contributed by atoms with Crippen LogP contribution in [0.15, 0.2) is 18.2 Å². The summed E-state index contributed by atoms with van der Waals surface area (Å²) in [5.41, 5.74) is 10.8. The van der Waals surface area contributed by atoms with Crippen LogP contribution in [0.5, 0.6) is 0 Å². The van der Waals surface area contributed by atoms with Crippen molar-refractivity contribution >= 4 is 28.4 Å². The molecule has 0 aliphatic heterocycles. The van der Waals surface area contributed by atoms with E-state index >= 15 is 0 Å². The van der Waals surface area contributed by atoms with E-state index in [0.29, 0.717) is 11.7 Å². The highest BCUT2D eigenvalue weighted by Crippen LogP contribution is 2.37. The second kappa shape index (κ2) is 5.91. The SMILES string of the molecule is Cc1ccc(C)c(-c2nc(N)c(I)c(C3CCCC3)n2)c1. The molecule has 0 saturated heterocycles. The highest BCUT2D eigenvalue weighted by molar-refractivity contribution is 14.1. The van der Waals surface area contributed by atoms with E-state index < -0.39 is 0 Å². The van der Waals surface area contributed by atoms with Gasteiger partial charge in [0.1, 0.15) is 5.82 Å². The molecule has 0 unspecified atom stereocenters. The van der Waals surface area contributed by atoms with Crippen molar-refractivity contribution in [2.45, 2.75) is 45.4 Å². The first-order valence-corrected chi connectivity index (χ1v) is 8.54. The van der Waals surface area contributed by atoms with Crippen molar-refractivity contribution in [3.05, 3.63) is 38.6 Å². The number of nitrogen functional groups attached to an aromatic ring is 1. The lowest BCUT2D eigenvalue weighted by Crippen LogP contribution is -2.08. The van der Waals surface area contributed by atoms with Crippen molar-refractivity contribution in [1.82, 2.24) is 9.97 Å². The molecule has 1 aromatic heterocycles. The van der Waals surface area contributed by atoms with Crippen LogP contribution in [0.1, 0.15) is 48.4 Å². The molecule has 1 aromatic carbocycles. The van der Waals surface area contributed by atoms with Crippen molar-refractivity contribution in [1.29, 1.82) is 0 Å². The van der Waals surface area contributed by atoms with Crippen molar-refractivity contribution in [2.24, 2.45) is 0 Å². The van der Waals surface area contributed by atoms with Crippen molar-refractivity contribution < 1.29 is 0 Å². The zero-order valence-corrected chi connectivity index (χ0v) is 14.6. The van der Waals surface area contributed by atoms with E-state index in [4.69, 9.17) is 10.7 Å². The van der Waals surface area contributed by atoms with Gasteiger partial charge in [-0.3, -0.25) is 0 Å². The molecule has 2 N–H and O–H groups in total. The van der Waals surface area contributed by atoms with Gasteiger partial charge in [-0.15, -0.1) is 0 Å². The highest BCUT2D eigenvalue weighted by Gasteiger charge is 2.23.